The molecule has 2 unspecified atom stereocenters. The van der Waals surface area contributed by atoms with E-state index >= 15 is 0 Å². The number of carbonyl (C=O) groups excluding carboxylic acids is 3. The van der Waals surface area contributed by atoms with Crippen molar-refractivity contribution < 1.29 is 32.3 Å². The Kier molecular flexibility index (Phi) is 8.58. The van der Waals surface area contributed by atoms with Crippen molar-refractivity contribution in [3.05, 3.63) is 29.3 Å². The molecule has 172 valence electrons. The van der Waals surface area contributed by atoms with Gasteiger partial charge in [-0.15, -0.1) is 0 Å². The Morgan fingerprint density at radius 1 is 1.13 bits per heavy atom. The maximum absolute atomic E-state index is 13.6. The number of nitrogens with zero attached hydrogens (tertiary/aromatic N) is 1. The Bertz CT molecular complexity index is 930. The van der Waals surface area contributed by atoms with E-state index in [1.807, 2.05) is 6.92 Å². The van der Waals surface area contributed by atoms with Crippen LogP contribution in [0.25, 0.3) is 0 Å². The van der Waals surface area contributed by atoms with Crippen LogP contribution in [-0.4, -0.2) is 63.9 Å². The summed E-state index contributed by atoms with van der Waals surface area (Å²) in [6.07, 6.45) is 2.85. The highest BCUT2D eigenvalue weighted by molar-refractivity contribution is 7.89. The van der Waals surface area contributed by atoms with Crippen LogP contribution in [0.1, 0.15) is 60.2 Å². The van der Waals surface area contributed by atoms with Crippen molar-refractivity contribution in [2.45, 2.75) is 50.5 Å². The number of carbonyl (C=O) groups is 3. The van der Waals surface area contributed by atoms with Gasteiger partial charge in [0.1, 0.15) is 0 Å². The van der Waals surface area contributed by atoms with Crippen molar-refractivity contribution in [3.8, 4) is 0 Å². The zero-order chi connectivity index (χ0) is 23.2. The van der Waals surface area contributed by atoms with E-state index in [1.54, 1.807) is 6.92 Å². The van der Waals surface area contributed by atoms with Crippen molar-refractivity contribution in [1.29, 1.82) is 0 Å². The molecule has 1 heterocycles. The first-order valence-electron chi connectivity index (χ1n) is 10.3. The second-order valence-corrected chi connectivity index (χ2v) is 9.40. The van der Waals surface area contributed by atoms with Crippen LogP contribution in [0.4, 0.5) is 0 Å². The Hall–Kier alpha value is -2.46. The van der Waals surface area contributed by atoms with Gasteiger partial charge in [-0.05, 0) is 44.4 Å². The molecule has 0 spiro atoms. The number of amides is 1. The summed E-state index contributed by atoms with van der Waals surface area (Å²) in [6.45, 7) is 4.31. The number of hydrogen-bond donors (Lipinski definition) is 1. The molecule has 0 aromatic heterocycles. The molecule has 31 heavy (non-hydrogen) atoms. The van der Waals surface area contributed by atoms with Gasteiger partial charge in [0.25, 0.3) is 0 Å². The highest BCUT2D eigenvalue weighted by Gasteiger charge is 2.39. The number of benzene rings is 1. The molecule has 2 rings (SSSR count). The maximum Gasteiger partial charge on any atom is 0.339 e. The van der Waals surface area contributed by atoms with Crippen LogP contribution in [0.2, 0.25) is 0 Å². The highest BCUT2D eigenvalue weighted by Crippen LogP contribution is 2.31. The lowest BCUT2D eigenvalue weighted by molar-refractivity contribution is -0.126. The third kappa shape index (κ3) is 5.62. The summed E-state index contributed by atoms with van der Waals surface area (Å²) >= 11 is 0. The summed E-state index contributed by atoms with van der Waals surface area (Å²) in [5.74, 6) is -2.24. The van der Waals surface area contributed by atoms with Gasteiger partial charge in [-0.3, -0.25) is 4.79 Å². The van der Waals surface area contributed by atoms with E-state index < -0.39 is 27.9 Å². The van der Waals surface area contributed by atoms with E-state index in [9.17, 15) is 22.8 Å². The van der Waals surface area contributed by atoms with Crippen molar-refractivity contribution >= 4 is 27.9 Å². The number of nitrogens with one attached hydrogen (secondary N) is 1. The van der Waals surface area contributed by atoms with E-state index in [0.29, 0.717) is 19.4 Å². The minimum atomic E-state index is -4.21. The fourth-order valence-corrected chi connectivity index (χ4v) is 5.46. The van der Waals surface area contributed by atoms with Crippen molar-refractivity contribution in [1.82, 2.24) is 9.62 Å². The normalized spacial score (nSPS) is 19.5. The van der Waals surface area contributed by atoms with Crippen LogP contribution < -0.4 is 5.32 Å². The molecule has 0 bridgehead atoms. The van der Waals surface area contributed by atoms with Crippen LogP contribution in [0.15, 0.2) is 23.1 Å². The first-order chi connectivity index (χ1) is 14.7. The van der Waals surface area contributed by atoms with E-state index in [0.717, 1.165) is 26.0 Å². The maximum atomic E-state index is 13.6. The summed E-state index contributed by atoms with van der Waals surface area (Å²) in [4.78, 5) is 36.4. The molecule has 1 saturated heterocycles. The number of esters is 2. The number of hydrogen-bond acceptors (Lipinski definition) is 7. The molecule has 1 aliphatic rings. The van der Waals surface area contributed by atoms with E-state index in [1.165, 1.54) is 23.5 Å². The molecule has 0 aliphatic carbocycles. The van der Waals surface area contributed by atoms with E-state index in [4.69, 9.17) is 4.74 Å². The predicted octanol–water partition coefficient (Wildman–Crippen LogP) is 1.97. The summed E-state index contributed by atoms with van der Waals surface area (Å²) in [6, 6.07) is 3.28. The molecule has 2 atom stereocenters. The number of ether oxygens (including phenoxy) is 2. The molecular weight excluding hydrogens is 424 g/mol. The molecule has 1 aromatic rings. The third-order valence-corrected chi connectivity index (χ3v) is 7.44. The predicted molar refractivity (Wildman–Crippen MR) is 113 cm³/mol. The first-order valence-corrected chi connectivity index (χ1v) is 11.7. The third-order valence-electron chi connectivity index (χ3n) is 5.42. The molecule has 0 radical (unpaired) electrons. The molecule has 0 saturated carbocycles. The molecule has 1 N–H and O–H groups in total. The molecule has 10 heteroatoms. The van der Waals surface area contributed by atoms with Gasteiger partial charge >= 0.3 is 11.9 Å². The van der Waals surface area contributed by atoms with Gasteiger partial charge in [0, 0.05) is 19.1 Å². The van der Waals surface area contributed by atoms with Crippen LogP contribution in [0.5, 0.6) is 0 Å². The lowest BCUT2D eigenvalue weighted by Crippen LogP contribution is -2.49. The van der Waals surface area contributed by atoms with Crippen molar-refractivity contribution in [2.24, 2.45) is 5.92 Å². The van der Waals surface area contributed by atoms with Crippen LogP contribution >= 0.6 is 0 Å². The Labute approximate surface area is 183 Å². The number of rotatable bonds is 8. The standard InChI is InChI=1S/C21H30N2O7S/c1-5-6-11-22-19(24)16-8-7-14(2)23(13-16)31(27,28)18-12-15(20(25)29-3)9-10-17(18)21(26)30-4/h9-10,12,14,16H,5-8,11,13H2,1-4H3,(H,22,24). The average molecular weight is 455 g/mol. The van der Waals surface area contributed by atoms with Gasteiger partial charge in [-0.25, -0.2) is 18.0 Å². The lowest BCUT2D eigenvalue weighted by Gasteiger charge is -2.36. The second kappa shape index (κ2) is 10.7. The highest BCUT2D eigenvalue weighted by atomic mass is 32.2. The second-order valence-electron chi connectivity index (χ2n) is 7.54. The Morgan fingerprint density at radius 2 is 1.81 bits per heavy atom. The van der Waals surface area contributed by atoms with Crippen LogP contribution in [-0.2, 0) is 24.3 Å². The van der Waals surface area contributed by atoms with Gasteiger partial charge in [-0.2, -0.15) is 4.31 Å². The summed E-state index contributed by atoms with van der Waals surface area (Å²) < 4.78 is 37.8. The summed E-state index contributed by atoms with van der Waals surface area (Å²) in [7, 11) is -1.88. The molecule has 1 amide bonds. The lowest BCUT2D eigenvalue weighted by atomic mass is 9.94. The van der Waals surface area contributed by atoms with Crippen LogP contribution in [0, 0.1) is 5.92 Å². The molecule has 1 aromatic carbocycles. The Morgan fingerprint density at radius 3 is 2.42 bits per heavy atom. The number of piperidine rings is 1. The van der Waals surface area contributed by atoms with E-state index in [-0.39, 0.29) is 34.5 Å². The fraction of sp³-hybridized carbons (Fsp3) is 0.571. The topological polar surface area (TPSA) is 119 Å². The molecular formula is C21H30N2O7S. The fourth-order valence-electron chi connectivity index (χ4n) is 3.54. The average Bonchev–Trinajstić information content (AvgIpc) is 2.77. The summed E-state index contributed by atoms with van der Waals surface area (Å²) in [5, 5.41) is 2.85. The Balaban J connectivity index is 2.42. The number of sulfonamides is 1. The van der Waals surface area contributed by atoms with Gasteiger partial charge in [0.05, 0.1) is 36.2 Å². The summed E-state index contributed by atoms with van der Waals surface area (Å²) in [5.41, 5.74) is -0.191. The molecule has 1 fully saturated rings. The molecule has 9 nitrogen and oxygen atoms in total. The monoisotopic (exact) mass is 454 g/mol. The van der Waals surface area contributed by atoms with E-state index in [2.05, 4.69) is 10.1 Å². The van der Waals surface area contributed by atoms with Gasteiger partial charge in [0.2, 0.25) is 15.9 Å². The minimum Gasteiger partial charge on any atom is -0.465 e. The largest absolute Gasteiger partial charge is 0.465 e. The quantitative estimate of drug-likeness (QED) is 0.471. The van der Waals surface area contributed by atoms with Gasteiger partial charge in [-0.1, -0.05) is 13.3 Å². The first kappa shape index (κ1) is 24.8. The number of methoxy groups -OCH3 is 2. The van der Waals surface area contributed by atoms with Gasteiger partial charge in [0.15, 0.2) is 0 Å². The minimum absolute atomic E-state index is 0.00718. The number of unbranched alkanes of at least 4 members (excludes halogenated alkanes) is 1. The zero-order valence-electron chi connectivity index (χ0n) is 18.3. The SMILES string of the molecule is CCCCNC(=O)C1CCC(C)N(S(=O)(=O)c2cc(C(=O)OC)ccc2C(=O)OC)C1. The molecule has 1 aliphatic heterocycles. The van der Waals surface area contributed by atoms with Crippen molar-refractivity contribution in [3.63, 3.8) is 0 Å². The van der Waals surface area contributed by atoms with Crippen molar-refractivity contribution in [2.75, 3.05) is 27.3 Å². The smallest absolute Gasteiger partial charge is 0.339 e. The van der Waals surface area contributed by atoms with Crippen LogP contribution in [0.3, 0.4) is 0 Å². The van der Waals surface area contributed by atoms with Gasteiger partial charge < -0.3 is 14.8 Å². The zero-order valence-corrected chi connectivity index (χ0v) is 19.2.